The monoisotopic (exact) mass is 246 g/mol. The van der Waals surface area contributed by atoms with Crippen LogP contribution in [0.2, 0.25) is 0 Å². The fraction of sp³-hybridized carbons (Fsp3) is 0.429. The van der Waals surface area contributed by atoms with Gasteiger partial charge in [0, 0.05) is 6.54 Å². The SMILES string of the molecule is CCC1(C)C(=O)NC(=O)N1Cc1ccc(C)cc1. The van der Waals surface area contributed by atoms with Crippen molar-refractivity contribution in [3.63, 3.8) is 0 Å². The van der Waals surface area contributed by atoms with E-state index >= 15 is 0 Å². The van der Waals surface area contributed by atoms with Crippen LogP contribution in [0, 0.1) is 6.92 Å². The Kier molecular flexibility index (Phi) is 3.11. The highest BCUT2D eigenvalue weighted by molar-refractivity contribution is 6.06. The minimum atomic E-state index is -0.734. The van der Waals surface area contributed by atoms with E-state index in [1.807, 2.05) is 38.1 Å². The van der Waals surface area contributed by atoms with Crippen molar-refractivity contribution >= 4 is 11.9 Å². The number of aryl methyl sites for hydroxylation is 1. The summed E-state index contributed by atoms with van der Waals surface area (Å²) in [7, 11) is 0. The number of amides is 3. The minimum absolute atomic E-state index is 0.206. The van der Waals surface area contributed by atoms with Gasteiger partial charge in [-0.05, 0) is 25.8 Å². The van der Waals surface area contributed by atoms with Gasteiger partial charge in [0.15, 0.2) is 0 Å². The van der Waals surface area contributed by atoms with Crippen LogP contribution in [0.3, 0.4) is 0 Å². The van der Waals surface area contributed by atoms with Crippen LogP contribution in [0.5, 0.6) is 0 Å². The zero-order valence-electron chi connectivity index (χ0n) is 11.0. The van der Waals surface area contributed by atoms with E-state index < -0.39 is 5.54 Å². The van der Waals surface area contributed by atoms with Crippen LogP contribution in [-0.4, -0.2) is 22.4 Å². The Hall–Kier alpha value is -1.84. The summed E-state index contributed by atoms with van der Waals surface area (Å²) in [6.07, 6.45) is 0.608. The number of nitrogens with one attached hydrogen (secondary N) is 1. The Labute approximate surface area is 107 Å². The molecule has 1 atom stereocenters. The van der Waals surface area contributed by atoms with Gasteiger partial charge in [-0.15, -0.1) is 0 Å². The van der Waals surface area contributed by atoms with E-state index in [4.69, 9.17) is 0 Å². The third-order valence-corrected chi connectivity index (χ3v) is 3.70. The Balaban J connectivity index is 2.24. The number of carbonyl (C=O) groups is 2. The van der Waals surface area contributed by atoms with E-state index in [2.05, 4.69) is 5.32 Å². The van der Waals surface area contributed by atoms with Crippen molar-refractivity contribution in [2.45, 2.75) is 39.3 Å². The van der Waals surface area contributed by atoms with Crippen molar-refractivity contribution in [2.24, 2.45) is 0 Å². The van der Waals surface area contributed by atoms with E-state index in [1.54, 1.807) is 11.8 Å². The largest absolute Gasteiger partial charge is 0.325 e. The van der Waals surface area contributed by atoms with Gasteiger partial charge in [0.05, 0.1) is 0 Å². The van der Waals surface area contributed by atoms with Gasteiger partial charge in [-0.1, -0.05) is 36.8 Å². The summed E-state index contributed by atoms with van der Waals surface area (Å²) in [4.78, 5) is 25.3. The molecule has 4 heteroatoms. The van der Waals surface area contributed by atoms with Gasteiger partial charge in [-0.2, -0.15) is 0 Å². The topological polar surface area (TPSA) is 49.4 Å². The Morgan fingerprint density at radius 3 is 2.39 bits per heavy atom. The summed E-state index contributed by atoms with van der Waals surface area (Å²) in [6.45, 7) is 6.20. The maximum atomic E-state index is 11.8. The average molecular weight is 246 g/mol. The first-order valence-electron chi connectivity index (χ1n) is 6.16. The summed E-state index contributed by atoms with van der Waals surface area (Å²) in [6, 6.07) is 7.69. The van der Waals surface area contributed by atoms with Crippen LogP contribution in [0.25, 0.3) is 0 Å². The third-order valence-electron chi connectivity index (χ3n) is 3.70. The highest BCUT2D eigenvalue weighted by Gasteiger charge is 2.47. The van der Waals surface area contributed by atoms with Gasteiger partial charge in [0.25, 0.3) is 5.91 Å². The highest BCUT2D eigenvalue weighted by atomic mass is 16.2. The van der Waals surface area contributed by atoms with Crippen LogP contribution < -0.4 is 5.32 Å². The molecule has 3 amide bonds. The Morgan fingerprint density at radius 2 is 1.83 bits per heavy atom. The van der Waals surface area contributed by atoms with Gasteiger partial charge in [-0.3, -0.25) is 10.1 Å². The van der Waals surface area contributed by atoms with Crippen molar-refractivity contribution in [2.75, 3.05) is 0 Å². The average Bonchev–Trinajstić information content (AvgIpc) is 2.56. The van der Waals surface area contributed by atoms with Crippen molar-refractivity contribution in [3.05, 3.63) is 35.4 Å². The second kappa shape index (κ2) is 4.44. The van der Waals surface area contributed by atoms with Crippen molar-refractivity contribution in [1.29, 1.82) is 0 Å². The molecule has 1 heterocycles. The lowest BCUT2D eigenvalue weighted by molar-refractivity contribution is -0.126. The summed E-state index contributed by atoms with van der Waals surface area (Å²) in [5.41, 5.74) is 1.48. The first-order chi connectivity index (χ1) is 8.47. The molecule has 2 rings (SSSR count). The molecule has 1 N–H and O–H groups in total. The fourth-order valence-corrected chi connectivity index (χ4v) is 2.12. The zero-order chi connectivity index (χ0) is 13.3. The molecule has 0 spiro atoms. The van der Waals surface area contributed by atoms with Crippen LogP contribution >= 0.6 is 0 Å². The van der Waals surface area contributed by atoms with Crippen LogP contribution in [0.15, 0.2) is 24.3 Å². The standard InChI is InChI=1S/C14H18N2O2/c1-4-14(3)12(17)15-13(18)16(14)9-11-7-5-10(2)6-8-11/h5-8H,4,9H2,1-3H3,(H,15,17,18). The zero-order valence-corrected chi connectivity index (χ0v) is 11.0. The van der Waals surface area contributed by atoms with Crippen molar-refractivity contribution in [1.82, 2.24) is 10.2 Å². The van der Waals surface area contributed by atoms with E-state index in [-0.39, 0.29) is 11.9 Å². The van der Waals surface area contributed by atoms with Crippen LogP contribution in [-0.2, 0) is 11.3 Å². The molecule has 0 bridgehead atoms. The molecule has 96 valence electrons. The summed E-state index contributed by atoms with van der Waals surface area (Å²) in [5.74, 6) is -0.206. The van der Waals surface area contributed by atoms with E-state index in [0.29, 0.717) is 13.0 Å². The number of imide groups is 1. The lowest BCUT2D eigenvalue weighted by Crippen LogP contribution is -2.45. The van der Waals surface area contributed by atoms with Crippen molar-refractivity contribution < 1.29 is 9.59 Å². The molecule has 4 nitrogen and oxygen atoms in total. The maximum absolute atomic E-state index is 11.8. The Bertz CT molecular complexity index is 481. The lowest BCUT2D eigenvalue weighted by atomic mass is 9.97. The first kappa shape index (κ1) is 12.6. The van der Waals surface area contributed by atoms with Gasteiger partial charge in [0.2, 0.25) is 0 Å². The predicted octanol–water partition coefficient (Wildman–Crippen LogP) is 2.22. The fourth-order valence-electron chi connectivity index (χ4n) is 2.12. The second-order valence-electron chi connectivity index (χ2n) is 4.96. The summed E-state index contributed by atoms with van der Waals surface area (Å²) in [5, 5.41) is 2.39. The summed E-state index contributed by atoms with van der Waals surface area (Å²) < 4.78 is 0. The van der Waals surface area contributed by atoms with E-state index in [1.165, 1.54) is 5.56 Å². The number of carbonyl (C=O) groups excluding carboxylic acids is 2. The number of hydrogen-bond donors (Lipinski definition) is 1. The molecule has 1 aromatic rings. The quantitative estimate of drug-likeness (QED) is 0.831. The van der Waals surface area contributed by atoms with Crippen LogP contribution in [0.1, 0.15) is 31.4 Å². The third kappa shape index (κ3) is 1.98. The van der Waals surface area contributed by atoms with Gasteiger partial charge >= 0.3 is 6.03 Å². The normalized spacial score (nSPS) is 23.4. The van der Waals surface area contributed by atoms with Gasteiger partial charge < -0.3 is 4.90 Å². The second-order valence-corrected chi connectivity index (χ2v) is 4.96. The molecule has 18 heavy (non-hydrogen) atoms. The van der Waals surface area contributed by atoms with Crippen molar-refractivity contribution in [3.8, 4) is 0 Å². The molecule has 1 aliphatic heterocycles. The maximum Gasteiger partial charge on any atom is 0.325 e. The number of nitrogens with zero attached hydrogens (tertiary/aromatic N) is 1. The van der Waals surface area contributed by atoms with E-state index in [0.717, 1.165) is 5.56 Å². The van der Waals surface area contributed by atoms with Gasteiger partial charge in [-0.25, -0.2) is 4.79 Å². The summed E-state index contributed by atoms with van der Waals surface area (Å²) >= 11 is 0. The molecule has 1 unspecified atom stereocenters. The first-order valence-corrected chi connectivity index (χ1v) is 6.16. The molecule has 0 radical (unpaired) electrons. The van der Waals surface area contributed by atoms with Crippen LogP contribution in [0.4, 0.5) is 4.79 Å². The highest BCUT2D eigenvalue weighted by Crippen LogP contribution is 2.27. The molecule has 0 saturated carbocycles. The minimum Gasteiger partial charge on any atom is -0.306 e. The molecule has 0 aromatic heterocycles. The molecular weight excluding hydrogens is 228 g/mol. The smallest absolute Gasteiger partial charge is 0.306 e. The molecule has 1 fully saturated rings. The number of benzene rings is 1. The Morgan fingerprint density at radius 1 is 1.22 bits per heavy atom. The molecule has 1 saturated heterocycles. The van der Waals surface area contributed by atoms with Gasteiger partial charge in [0.1, 0.15) is 5.54 Å². The molecule has 1 aliphatic rings. The van der Waals surface area contributed by atoms with E-state index in [9.17, 15) is 9.59 Å². The molecule has 0 aliphatic carbocycles. The molecule has 1 aromatic carbocycles. The number of hydrogen-bond acceptors (Lipinski definition) is 2. The number of urea groups is 1. The predicted molar refractivity (Wildman–Crippen MR) is 69.0 cm³/mol. The number of rotatable bonds is 3. The lowest BCUT2D eigenvalue weighted by Gasteiger charge is -2.30. The molecular formula is C14H18N2O2.